The highest BCUT2D eigenvalue weighted by Crippen LogP contribution is 2.23. The quantitative estimate of drug-likeness (QED) is 0.472. The molecule has 7 heteroatoms. The van der Waals surface area contributed by atoms with Crippen LogP contribution in [0.2, 0.25) is 0 Å². The fraction of sp³-hybridized carbons (Fsp3) is 0.269. The van der Waals surface area contributed by atoms with Crippen LogP contribution < -0.4 is 14.8 Å². The highest BCUT2D eigenvalue weighted by Gasteiger charge is 2.20. The van der Waals surface area contributed by atoms with Crippen LogP contribution in [0, 0.1) is 20.8 Å². The van der Waals surface area contributed by atoms with Gasteiger partial charge in [0.2, 0.25) is 0 Å². The lowest BCUT2D eigenvalue weighted by molar-refractivity contribution is 0.0939. The van der Waals surface area contributed by atoms with Crippen molar-refractivity contribution >= 4 is 21.6 Å². The molecule has 3 aromatic rings. The molecular weight excluding hydrogens is 436 g/mol. The lowest BCUT2D eigenvalue weighted by atomic mass is 10.1. The molecule has 0 spiro atoms. The van der Waals surface area contributed by atoms with Crippen molar-refractivity contribution in [3.8, 4) is 5.75 Å². The number of sulfonamides is 1. The Kier molecular flexibility index (Phi) is 7.43. The van der Waals surface area contributed by atoms with E-state index in [1.165, 1.54) is 6.07 Å². The highest BCUT2D eigenvalue weighted by molar-refractivity contribution is 7.92. The van der Waals surface area contributed by atoms with E-state index in [0.717, 1.165) is 22.4 Å². The van der Waals surface area contributed by atoms with Gasteiger partial charge < -0.3 is 10.1 Å². The van der Waals surface area contributed by atoms with Crippen molar-refractivity contribution in [3.05, 3.63) is 88.5 Å². The third kappa shape index (κ3) is 6.14. The van der Waals surface area contributed by atoms with Crippen molar-refractivity contribution in [2.24, 2.45) is 0 Å². The van der Waals surface area contributed by atoms with E-state index in [9.17, 15) is 13.2 Å². The van der Waals surface area contributed by atoms with Crippen LogP contribution in [0.5, 0.6) is 5.75 Å². The van der Waals surface area contributed by atoms with Crippen LogP contribution in [0.4, 0.5) is 5.69 Å². The van der Waals surface area contributed by atoms with Gasteiger partial charge >= 0.3 is 0 Å². The number of amides is 1. The Morgan fingerprint density at radius 3 is 2.18 bits per heavy atom. The van der Waals surface area contributed by atoms with Gasteiger partial charge in [0.25, 0.3) is 15.9 Å². The first kappa shape index (κ1) is 24.3. The van der Waals surface area contributed by atoms with Gasteiger partial charge in [0, 0.05) is 11.3 Å². The molecule has 0 bridgehead atoms. The summed E-state index contributed by atoms with van der Waals surface area (Å²) in [5, 5.41) is 2.93. The van der Waals surface area contributed by atoms with E-state index in [1.54, 1.807) is 31.2 Å². The van der Waals surface area contributed by atoms with Crippen molar-refractivity contribution in [2.75, 3.05) is 11.3 Å². The zero-order valence-corrected chi connectivity index (χ0v) is 20.4. The maximum absolute atomic E-state index is 13.1. The Labute approximate surface area is 196 Å². The number of carbonyl (C=O) groups is 1. The Bertz CT molecular complexity index is 1230. The maximum atomic E-state index is 13.1. The van der Waals surface area contributed by atoms with Gasteiger partial charge in [0.15, 0.2) is 0 Å². The van der Waals surface area contributed by atoms with Gasteiger partial charge in [-0.3, -0.25) is 9.52 Å². The highest BCUT2D eigenvalue weighted by atomic mass is 32.2. The Hall–Kier alpha value is -3.32. The molecule has 3 aromatic carbocycles. The molecule has 6 nitrogen and oxygen atoms in total. The molecule has 0 aromatic heterocycles. The zero-order chi connectivity index (χ0) is 24.2. The first-order chi connectivity index (χ1) is 15.6. The number of hydrogen-bond acceptors (Lipinski definition) is 4. The Morgan fingerprint density at radius 2 is 1.58 bits per heavy atom. The molecule has 3 rings (SSSR count). The molecule has 0 saturated heterocycles. The maximum Gasteiger partial charge on any atom is 0.262 e. The normalized spacial score (nSPS) is 12.2. The van der Waals surface area contributed by atoms with Gasteiger partial charge in [-0.2, -0.15) is 0 Å². The number of hydrogen-bond donors (Lipinski definition) is 2. The van der Waals surface area contributed by atoms with Gasteiger partial charge in [-0.05, 0) is 93.3 Å². The molecule has 33 heavy (non-hydrogen) atoms. The van der Waals surface area contributed by atoms with E-state index in [1.807, 2.05) is 58.0 Å². The number of nitrogens with one attached hydrogen (secondary N) is 2. The summed E-state index contributed by atoms with van der Waals surface area (Å²) in [6, 6.07) is 17.5. The van der Waals surface area contributed by atoms with E-state index in [-0.39, 0.29) is 22.4 Å². The molecule has 0 aliphatic carbocycles. The monoisotopic (exact) mass is 466 g/mol. The number of aryl methyl sites for hydroxylation is 3. The summed E-state index contributed by atoms with van der Waals surface area (Å²) in [6.07, 6.45) is 0. The first-order valence-electron chi connectivity index (χ1n) is 10.8. The number of anilines is 1. The molecule has 0 fully saturated rings. The molecule has 174 valence electrons. The fourth-order valence-electron chi connectivity index (χ4n) is 3.66. The van der Waals surface area contributed by atoms with E-state index in [2.05, 4.69) is 10.0 Å². The number of carbonyl (C=O) groups excluding carboxylic acids is 1. The topological polar surface area (TPSA) is 84.5 Å². The Morgan fingerprint density at radius 1 is 0.939 bits per heavy atom. The average molecular weight is 467 g/mol. The van der Waals surface area contributed by atoms with E-state index in [0.29, 0.717) is 17.9 Å². The third-order valence-corrected chi connectivity index (χ3v) is 6.78. The molecule has 0 heterocycles. The van der Waals surface area contributed by atoms with Gasteiger partial charge in [0.05, 0.1) is 17.5 Å². The second-order valence-corrected chi connectivity index (χ2v) is 9.81. The van der Waals surface area contributed by atoms with Crippen molar-refractivity contribution in [1.82, 2.24) is 5.32 Å². The van der Waals surface area contributed by atoms with Crippen molar-refractivity contribution < 1.29 is 17.9 Å². The molecule has 1 atom stereocenters. The van der Waals surface area contributed by atoms with Crippen LogP contribution in [-0.2, 0) is 10.0 Å². The standard InChI is InChI=1S/C26H30N2O4S/c1-6-32-24-11-9-21(10-12-24)20(5)27-26(29)22-8-7-19(4)25(16-22)33(30,31)28-23-14-17(2)13-18(3)15-23/h7-16,20,28H,6H2,1-5H3,(H,27,29)/t20-/m1/s1. The van der Waals surface area contributed by atoms with Crippen LogP contribution in [-0.4, -0.2) is 20.9 Å². The second-order valence-electron chi connectivity index (χ2n) is 8.16. The molecule has 0 radical (unpaired) electrons. The predicted molar refractivity (Wildman–Crippen MR) is 131 cm³/mol. The molecule has 0 saturated carbocycles. The number of ether oxygens (including phenoxy) is 1. The molecule has 0 aliphatic heterocycles. The summed E-state index contributed by atoms with van der Waals surface area (Å²) < 4.78 is 34.3. The smallest absolute Gasteiger partial charge is 0.262 e. The summed E-state index contributed by atoms with van der Waals surface area (Å²) >= 11 is 0. The van der Waals surface area contributed by atoms with Crippen LogP contribution >= 0.6 is 0 Å². The first-order valence-corrected chi connectivity index (χ1v) is 12.3. The summed E-state index contributed by atoms with van der Waals surface area (Å²) in [5.41, 5.74) is 4.16. The summed E-state index contributed by atoms with van der Waals surface area (Å²) in [7, 11) is -3.87. The molecule has 2 N–H and O–H groups in total. The summed E-state index contributed by atoms with van der Waals surface area (Å²) in [6.45, 7) is 9.91. The summed E-state index contributed by atoms with van der Waals surface area (Å²) in [5.74, 6) is 0.420. The van der Waals surface area contributed by atoms with Gasteiger partial charge in [-0.1, -0.05) is 24.3 Å². The minimum atomic E-state index is -3.87. The molecule has 0 unspecified atom stereocenters. The van der Waals surface area contributed by atoms with Gasteiger partial charge in [0.1, 0.15) is 5.75 Å². The Balaban J connectivity index is 1.80. The lowest BCUT2D eigenvalue weighted by Crippen LogP contribution is -2.27. The molecular formula is C26H30N2O4S. The zero-order valence-electron chi connectivity index (χ0n) is 19.6. The van der Waals surface area contributed by atoms with Crippen molar-refractivity contribution in [1.29, 1.82) is 0 Å². The number of benzene rings is 3. The van der Waals surface area contributed by atoms with Crippen molar-refractivity contribution in [2.45, 2.75) is 45.6 Å². The largest absolute Gasteiger partial charge is 0.494 e. The van der Waals surface area contributed by atoms with E-state index >= 15 is 0 Å². The van der Waals surface area contributed by atoms with Gasteiger partial charge in [-0.15, -0.1) is 0 Å². The number of rotatable bonds is 8. The van der Waals surface area contributed by atoms with Crippen molar-refractivity contribution in [3.63, 3.8) is 0 Å². The lowest BCUT2D eigenvalue weighted by Gasteiger charge is -2.16. The minimum Gasteiger partial charge on any atom is -0.494 e. The SMILES string of the molecule is CCOc1ccc([C@@H](C)NC(=O)c2ccc(C)c(S(=O)(=O)Nc3cc(C)cc(C)c3)c2)cc1. The van der Waals surface area contributed by atoms with Crippen LogP contribution in [0.3, 0.4) is 0 Å². The third-order valence-electron chi connectivity index (χ3n) is 5.25. The van der Waals surface area contributed by atoms with Crippen LogP contribution in [0.1, 0.15) is 52.5 Å². The minimum absolute atomic E-state index is 0.0722. The predicted octanol–water partition coefficient (Wildman–Crippen LogP) is 5.30. The van der Waals surface area contributed by atoms with E-state index in [4.69, 9.17) is 4.74 Å². The average Bonchev–Trinajstić information content (AvgIpc) is 2.73. The fourth-order valence-corrected chi connectivity index (χ4v) is 4.97. The molecule has 1 amide bonds. The van der Waals surface area contributed by atoms with E-state index < -0.39 is 10.0 Å². The summed E-state index contributed by atoms with van der Waals surface area (Å²) in [4.78, 5) is 13.0. The van der Waals surface area contributed by atoms with Crippen LogP contribution in [0.25, 0.3) is 0 Å². The van der Waals surface area contributed by atoms with Gasteiger partial charge in [-0.25, -0.2) is 8.42 Å². The van der Waals surface area contributed by atoms with Crippen LogP contribution in [0.15, 0.2) is 65.6 Å². The molecule has 0 aliphatic rings. The second kappa shape index (κ2) is 10.1.